The van der Waals surface area contributed by atoms with E-state index in [0.717, 1.165) is 16.0 Å². The Morgan fingerprint density at radius 3 is 2.77 bits per heavy atom. The molecule has 26 heavy (non-hydrogen) atoms. The number of ether oxygens (including phenoxy) is 2. The first-order chi connectivity index (χ1) is 12.6. The van der Waals surface area contributed by atoms with Gasteiger partial charge in [0, 0.05) is 24.3 Å². The summed E-state index contributed by atoms with van der Waals surface area (Å²) in [6.07, 6.45) is 1.80. The highest BCUT2D eigenvalue weighted by Gasteiger charge is 2.07. The molecule has 3 aromatic rings. The number of hydrogen-bond acceptors (Lipinski definition) is 7. The zero-order valence-corrected chi connectivity index (χ0v) is 15.2. The molecule has 3 rings (SSSR count). The fourth-order valence-electron chi connectivity index (χ4n) is 2.23. The second kappa shape index (κ2) is 7.97. The number of hydrogen-bond donors (Lipinski definition) is 1. The first kappa shape index (κ1) is 17.9. The fraction of sp³-hybridized carbons (Fsp3) is 0.211. The summed E-state index contributed by atoms with van der Waals surface area (Å²) >= 11 is 1.44. The van der Waals surface area contributed by atoms with Crippen LogP contribution < -0.4 is 9.47 Å². The number of aliphatic imine (C=N–C) groups is 1. The summed E-state index contributed by atoms with van der Waals surface area (Å²) < 4.78 is 11.5. The van der Waals surface area contributed by atoms with E-state index in [-0.39, 0.29) is 18.1 Å². The number of esters is 1. The Morgan fingerprint density at radius 2 is 2.04 bits per heavy atom. The lowest BCUT2D eigenvalue weighted by molar-refractivity contribution is -0.134. The largest absolute Gasteiger partial charge is 0.507 e. The molecule has 0 unspecified atom stereocenters. The quantitative estimate of drug-likeness (QED) is 0.393. The number of phenols is 1. The van der Waals surface area contributed by atoms with Crippen molar-refractivity contribution >= 4 is 38.9 Å². The molecule has 1 aromatic heterocycles. The maximum atomic E-state index is 11.3. The van der Waals surface area contributed by atoms with Crippen LogP contribution in [-0.2, 0) is 4.79 Å². The highest BCUT2D eigenvalue weighted by molar-refractivity contribution is 7.22. The predicted molar refractivity (Wildman–Crippen MR) is 102 cm³/mol. The number of aromatic hydroxyl groups is 1. The molecule has 0 saturated carbocycles. The molecule has 2 aromatic carbocycles. The van der Waals surface area contributed by atoms with E-state index in [1.54, 1.807) is 19.1 Å². The van der Waals surface area contributed by atoms with Crippen molar-refractivity contribution in [1.82, 2.24) is 4.98 Å². The molecule has 0 atom stereocenters. The van der Waals surface area contributed by atoms with Crippen LogP contribution in [0.1, 0.15) is 25.8 Å². The monoisotopic (exact) mass is 370 g/mol. The predicted octanol–water partition coefficient (Wildman–Crippen LogP) is 4.47. The number of carbonyl (C=O) groups is 1. The Bertz CT molecular complexity index is 965. The van der Waals surface area contributed by atoms with Crippen molar-refractivity contribution in [3.8, 4) is 17.2 Å². The molecule has 0 saturated heterocycles. The molecule has 0 amide bonds. The molecule has 7 heteroatoms. The maximum Gasteiger partial charge on any atom is 0.310 e. The van der Waals surface area contributed by atoms with Crippen molar-refractivity contribution < 1.29 is 19.4 Å². The van der Waals surface area contributed by atoms with Crippen molar-refractivity contribution in [1.29, 1.82) is 0 Å². The Kier molecular flexibility index (Phi) is 5.48. The first-order valence-corrected chi connectivity index (χ1v) is 9.02. The number of carbonyl (C=O) groups excluding carboxylic acids is 1. The van der Waals surface area contributed by atoms with Gasteiger partial charge in [0.05, 0.1) is 16.8 Å². The third-order valence-electron chi connectivity index (χ3n) is 3.50. The van der Waals surface area contributed by atoms with Crippen LogP contribution in [0.25, 0.3) is 10.2 Å². The van der Waals surface area contributed by atoms with Crippen molar-refractivity contribution in [3.05, 3.63) is 42.0 Å². The van der Waals surface area contributed by atoms with Crippen LogP contribution in [0.15, 0.2) is 41.4 Å². The van der Waals surface area contributed by atoms with E-state index in [4.69, 9.17) is 9.47 Å². The summed E-state index contributed by atoms with van der Waals surface area (Å²) in [4.78, 5) is 20.1. The third kappa shape index (κ3) is 4.18. The Hall–Kier alpha value is -2.93. The molecule has 0 aliphatic carbocycles. The maximum absolute atomic E-state index is 11.3. The van der Waals surface area contributed by atoms with Gasteiger partial charge in [0.15, 0.2) is 0 Å². The first-order valence-electron chi connectivity index (χ1n) is 8.20. The van der Waals surface area contributed by atoms with E-state index in [1.165, 1.54) is 23.6 Å². The number of rotatable bonds is 6. The van der Waals surface area contributed by atoms with Gasteiger partial charge < -0.3 is 14.6 Å². The van der Waals surface area contributed by atoms with Crippen LogP contribution >= 0.6 is 11.3 Å². The molecule has 0 radical (unpaired) electrons. The molecule has 0 aliphatic heterocycles. The van der Waals surface area contributed by atoms with E-state index in [2.05, 4.69) is 9.98 Å². The van der Waals surface area contributed by atoms with Crippen LogP contribution in [0, 0.1) is 0 Å². The molecule has 1 N–H and O–H groups in total. The van der Waals surface area contributed by atoms with Gasteiger partial charge in [-0.15, -0.1) is 0 Å². The molecule has 0 fully saturated rings. The smallest absolute Gasteiger partial charge is 0.310 e. The van der Waals surface area contributed by atoms with Crippen LogP contribution in [0.2, 0.25) is 0 Å². The van der Waals surface area contributed by atoms with Crippen LogP contribution in [-0.4, -0.2) is 28.9 Å². The number of nitrogens with zero attached hydrogens (tertiary/aromatic N) is 2. The third-order valence-corrected chi connectivity index (χ3v) is 4.42. The van der Waals surface area contributed by atoms with Gasteiger partial charge in [-0.2, -0.15) is 0 Å². The fourth-order valence-corrected chi connectivity index (χ4v) is 3.07. The number of benzene rings is 2. The van der Waals surface area contributed by atoms with Gasteiger partial charge >= 0.3 is 5.97 Å². The average molecular weight is 370 g/mol. The van der Waals surface area contributed by atoms with Crippen molar-refractivity contribution in [2.24, 2.45) is 4.99 Å². The zero-order chi connectivity index (χ0) is 18.5. The van der Waals surface area contributed by atoms with Gasteiger partial charge in [-0.1, -0.05) is 18.3 Å². The highest BCUT2D eigenvalue weighted by atomic mass is 32.1. The summed E-state index contributed by atoms with van der Waals surface area (Å²) in [5.41, 5.74) is 1.35. The number of thiazole rings is 1. The summed E-state index contributed by atoms with van der Waals surface area (Å²) in [7, 11) is 0. The summed E-state index contributed by atoms with van der Waals surface area (Å²) in [5, 5.41) is 10.7. The van der Waals surface area contributed by atoms with Crippen molar-refractivity contribution in [2.75, 3.05) is 6.61 Å². The van der Waals surface area contributed by atoms with Crippen LogP contribution in [0.5, 0.6) is 17.2 Å². The summed E-state index contributed by atoms with van der Waals surface area (Å²) in [6.45, 7) is 4.25. The SMILES string of the molecule is CCOc1ccc2nc(/N=C/c3ccc(OC(=O)CC)cc3O)sc2c1. The average Bonchev–Trinajstić information content (AvgIpc) is 3.03. The van der Waals surface area contributed by atoms with Gasteiger partial charge in [0.2, 0.25) is 5.13 Å². The second-order valence-electron chi connectivity index (χ2n) is 5.37. The molecule has 0 bridgehead atoms. The van der Waals surface area contributed by atoms with Crippen LogP contribution in [0.3, 0.4) is 0 Å². The van der Waals surface area contributed by atoms with Gasteiger partial charge in [-0.3, -0.25) is 4.79 Å². The van der Waals surface area contributed by atoms with E-state index >= 15 is 0 Å². The van der Waals surface area contributed by atoms with Crippen LogP contribution in [0.4, 0.5) is 5.13 Å². The van der Waals surface area contributed by atoms with Crippen molar-refractivity contribution in [3.63, 3.8) is 0 Å². The number of aromatic nitrogens is 1. The normalized spacial score (nSPS) is 11.2. The summed E-state index contributed by atoms with van der Waals surface area (Å²) in [6, 6.07) is 10.3. The Labute approximate surface area is 154 Å². The molecular formula is C19H18N2O4S. The van der Waals surface area contributed by atoms with Gasteiger partial charge in [-0.05, 0) is 37.3 Å². The van der Waals surface area contributed by atoms with E-state index in [9.17, 15) is 9.90 Å². The van der Waals surface area contributed by atoms with Gasteiger partial charge in [0.1, 0.15) is 17.2 Å². The molecule has 0 aliphatic rings. The Morgan fingerprint density at radius 1 is 1.23 bits per heavy atom. The van der Waals surface area contributed by atoms with Gasteiger partial charge in [0.25, 0.3) is 0 Å². The summed E-state index contributed by atoms with van der Waals surface area (Å²) in [5.74, 6) is 0.727. The highest BCUT2D eigenvalue weighted by Crippen LogP contribution is 2.31. The lowest BCUT2D eigenvalue weighted by Gasteiger charge is -2.04. The van der Waals surface area contributed by atoms with E-state index in [1.807, 2.05) is 25.1 Å². The zero-order valence-electron chi connectivity index (χ0n) is 14.4. The minimum absolute atomic E-state index is 0.0186. The topological polar surface area (TPSA) is 81.0 Å². The minimum atomic E-state index is -0.355. The van der Waals surface area contributed by atoms with E-state index < -0.39 is 0 Å². The van der Waals surface area contributed by atoms with Crippen molar-refractivity contribution in [2.45, 2.75) is 20.3 Å². The lowest BCUT2D eigenvalue weighted by Crippen LogP contribution is -2.05. The molecular weight excluding hydrogens is 352 g/mol. The second-order valence-corrected chi connectivity index (χ2v) is 6.37. The molecule has 134 valence electrons. The standard InChI is InChI=1S/C19H18N2O4S/c1-3-18(23)25-14-6-5-12(16(22)9-14)11-20-19-21-15-8-7-13(24-4-2)10-17(15)26-19/h5-11,22H,3-4H2,1-2H3/b20-11+. The van der Waals surface area contributed by atoms with Gasteiger partial charge in [-0.25, -0.2) is 9.98 Å². The molecule has 0 spiro atoms. The lowest BCUT2D eigenvalue weighted by atomic mass is 10.2. The minimum Gasteiger partial charge on any atom is -0.507 e. The number of phenolic OH excluding ortho intramolecular Hbond substituents is 1. The molecule has 1 heterocycles. The number of fused-ring (bicyclic) bond motifs is 1. The van der Waals surface area contributed by atoms with E-state index in [0.29, 0.717) is 23.1 Å². The Balaban J connectivity index is 1.78. The molecule has 6 nitrogen and oxygen atoms in total.